The van der Waals surface area contributed by atoms with Gasteiger partial charge < -0.3 is 4.74 Å². The van der Waals surface area contributed by atoms with Gasteiger partial charge in [-0.3, -0.25) is 0 Å². The minimum Gasteiger partial charge on any atom is -0.497 e. The van der Waals surface area contributed by atoms with Crippen molar-refractivity contribution in [3.8, 4) is 5.75 Å². The lowest BCUT2D eigenvalue weighted by Crippen LogP contribution is -2.11. The van der Waals surface area contributed by atoms with Crippen LogP contribution in [0.1, 0.15) is 11.1 Å². The summed E-state index contributed by atoms with van der Waals surface area (Å²) in [6.45, 7) is 3.52. The third-order valence-corrected chi connectivity index (χ3v) is 4.75. The normalized spacial score (nSPS) is 11.5. The molecule has 5 heteroatoms. The molecule has 0 aliphatic heterocycles. The lowest BCUT2D eigenvalue weighted by molar-refractivity contribution is 0.413. The average Bonchev–Trinajstić information content (AvgIpc) is 2.15. The second kappa shape index (κ2) is 5.06. The van der Waals surface area contributed by atoms with Crippen molar-refractivity contribution < 1.29 is 13.2 Å². The predicted molar refractivity (Wildman–Crippen MR) is 65.2 cm³/mol. The van der Waals surface area contributed by atoms with Gasteiger partial charge in [0, 0.05) is 5.88 Å². The van der Waals surface area contributed by atoms with Gasteiger partial charge in [-0.1, -0.05) is 0 Å². The van der Waals surface area contributed by atoms with Gasteiger partial charge in [0.1, 0.15) is 5.75 Å². The molecule has 0 atom stereocenters. The van der Waals surface area contributed by atoms with E-state index in [4.69, 9.17) is 16.3 Å². The Labute approximate surface area is 101 Å². The molecular weight excluding hydrogens is 248 g/mol. The number of methoxy groups -OCH3 is 1. The monoisotopic (exact) mass is 262 g/mol. The van der Waals surface area contributed by atoms with Gasteiger partial charge in [-0.25, -0.2) is 8.42 Å². The highest BCUT2D eigenvalue weighted by molar-refractivity contribution is 7.91. The Balaban J connectivity index is 3.36. The third-order valence-electron chi connectivity index (χ3n) is 2.33. The summed E-state index contributed by atoms with van der Waals surface area (Å²) in [6.07, 6.45) is 0. The number of ether oxygens (including phenoxy) is 1. The number of halogens is 1. The molecule has 0 bridgehead atoms. The molecule has 3 nitrogen and oxygen atoms in total. The van der Waals surface area contributed by atoms with Crippen molar-refractivity contribution in [1.29, 1.82) is 0 Å². The molecule has 0 saturated heterocycles. The van der Waals surface area contributed by atoms with Crippen molar-refractivity contribution in [2.75, 3.05) is 18.7 Å². The van der Waals surface area contributed by atoms with Gasteiger partial charge in [-0.15, -0.1) is 11.6 Å². The molecule has 1 aromatic rings. The minimum atomic E-state index is -3.28. The van der Waals surface area contributed by atoms with Crippen LogP contribution in [0, 0.1) is 13.8 Å². The standard InChI is InChI=1S/C11H15ClO3S/c1-8-6-10(15-3)7-9(2)11(8)16(13,14)5-4-12/h6-7H,4-5H2,1-3H3. The van der Waals surface area contributed by atoms with Gasteiger partial charge in [0.15, 0.2) is 9.84 Å². The van der Waals surface area contributed by atoms with Crippen molar-refractivity contribution in [2.45, 2.75) is 18.7 Å². The summed E-state index contributed by atoms with van der Waals surface area (Å²) in [7, 11) is -1.73. The van der Waals surface area contributed by atoms with Gasteiger partial charge in [0.05, 0.1) is 17.8 Å². The summed E-state index contributed by atoms with van der Waals surface area (Å²) in [5.74, 6) is 0.732. The molecule has 0 saturated carbocycles. The van der Waals surface area contributed by atoms with Crippen molar-refractivity contribution in [1.82, 2.24) is 0 Å². The van der Waals surface area contributed by atoms with E-state index in [9.17, 15) is 8.42 Å². The second-order valence-electron chi connectivity index (χ2n) is 3.60. The zero-order valence-corrected chi connectivity index (χ0v) is 11.2. The van der Waals surface area contributed by atoms with Crippen molar-refractivity contribution in [3.63, 3.8) is 0 Å². The number of aryl methyl sites for hydroxylation is 2. The number of benzene rings is 1. The van der Waals surface area contributed by atoms with E-state index < -0.39 is 9.84 Å². The molecule has 0 N–H and O–H groups in total. The van der Waals surface area contributed by atoms with Crippen LogP contribution in [0.3, 0.4) is 0 Å². The summed E-state index contributed by atoms with van der Waals surface area (Å²) in [5, 5.41) is 0. The molecule has 0 spiro atoms. The van der Waals surface area contributed by atoms with Gasteiger partial charge in [-0.05, 0) is 37.1 Å². The summed E-state index contributed by atoms with van der Waals surface area (Å²) >= 11 is 5.50. The van der Waals surface area contributed by atoms with E-state index in [1.807, 2.05) is 0 Å². The van der Waals surface area contributed by atoms with Crippen LogP contribution >= 0.6 is 11.6 Å². The first-order valence-electron chi connectivity index (χ1n) is 4.86. The summed E-state index contributed by atoms with van der Waals surface area (Å²) in [4.78, 5) is 0.369. The molecule has 0 radical (unpaired) electrons. The maximum atomic E-state index is 11.9. The van der Waals surface area contributed by atoms with Crippen LogP contribution in [0.15, 0.2) is 17.0 Å². The van der Waals surface area contributed by atoms with Crippen LogP contribution in [0.4, 0.5) is 0 Å². The second-order valence-corrected chi connectivity index (χ2v) is 6.02. The molecule has 1 aromatic carbocycles. The molecular formula is C11H15ClO3S. The number of rotatable bonds is 4. The molecule has 0 aromatic heterocycles. The Morgan fingerprint density at radius 1 is 1.25 bits per heavy atom. The topological polar surface area (TPSA) is 43.4 Å². The average molecular weight is 263 g/mol. The molecule has 16 heavy (non-hydrogen) atoms. The molecule has 0 heterocycles. The Hall–Kier alpha value is -0.740. The molecule has 0 amide bonds. The maximum absolute atomic E-state index is 11.9. The van der Waals surface area contributed by atoms with Crippen LogP contribution < -0.4 is 4.74 Å². The maximum Gasteiger partial charge on any atom is 0.180 e. The summed E-state index contributed by atoms with van der Waals surface area (Å²) in [6, 6.07) is 3.43. The minimum absolute atomic E-state index is 0.0391. The van der Waals surface area contributed by atoms with E-state index in [0.717, 1.165) is 0 Å². The van der Waals surface area contributed by atoms with Crippen molar-refractivity contribution in [3.05, 3.63) is 23.3 Å². The van der Waals surface area contributed by atoms with E-state index >= 15 is 0 Å². The predicted octanol–water partition coefficient (Wildman–Crippen LogP) is 2.32. The first-order chi connectivity index (χ1) is 7.42. The quantitative estimate of drug-likeness (QED) is 0.782. The van der Waals surface area contributed by atoms with E-state index in [2.05, 4.69) is 0 Å². The summed E-state index contributed by atoms with van der Waals surface area (Å²) in [5.41, 5.74) is 1.39. The Morgan fingerprint density at radius 3 is 2.12 bits per heavy atom. The number of hydrogen-bond acceptors (Lipinski definition) is 3. The van der Waals surface area contributed by atoms with E-state index in [1.165, 1.54) is 0 Å². The fourth-order valence-corrected chi connectivity index (χ4v) is 3.84. The largest absolute Gasteiger partial charge is 0.497 e. The van der Waals surface area contributed by atoms with Crippen LogP contribution in [0.2, 0.25) is 0 Å². The number of hydrogen-bond donors (Lipinski definition) is 0. The highest BCUT2D eigenvalue weighted by Crippen LogP contribution is 2.26. The zero-order valence-electron chi connectivity index (χ0n) is 9.58. The summed E-state index contributed by atoms with van der Waals surface area (Å²) < 4.78 is 29.0. The highest BCUT2D eigenvalue weighted by Gasteiger charge is 2.19. The smallest absolute Gasteiger partial charge is 0.180 e. The zero-order chi connectivity index (χ0) is 12.3. The van der Waals surface area contributed by atoms with Gasteiger partial charge in [0.25, 0.3) is 0 Å². The number of sulfone groups is 1. The van der Waals surface area contributed by atoms with E-state index in [-0.39, 0.29) is 11.6 Å². The molecule has 0 unspecified atom stereocenters. The van der Waals surface area contributed by atoms with Gasteiger partial charge in [0.2, 0.25) is 0 Å². The van der Waals surface area contributed by atoms with Crippen LogP contribution in [-0.4, -0.2) is 27.2 Å². The van der Waals surface area contributed by atoms with E-state index in [0.29, 0.717) is 21.8 Å². The Morgan fingerprint density at radius 2 is 1.75 bits per heavy atom. The highest BCUT2D eigenvalue weighted by atomic mass is 35.5. The molecule has 90 valence electrons. The fraction of sp³-hybridized carbons (Fsp3) is 0.455. The van der Waals surface area contributed by atoms with Crippen molar-refractivity contribution in [2.24, 2.45) is 0 Å². The van der Waals surface area contributed by atoms with Gasteiger partial charge in [-0.2, -0.15) is 0 Å². The molecule has 1 rings (SSSR count). The molecule has 0 fully saturated rings. The lowest BCUT2D eigenvalue weighted by atomic mass is 10.1. The fourth-order valence-electron chi connectivity index (χ4n) is 1.72. The molecule has 0 aliphatic rings. The van der Waals surface area contributed by atoms with Gasteiger partial charge >= 0.3 is 0 Å². The van der Waals surface area contributed by atoms with Crippen LogP contribution in [-0.2, 0) is 9.84 Å². The van der Waals surface area contributed by atoms with E-state index in [1.54, 1.807) is 33.1 Å². The number of alkyl halides is 1. The van der Waals surface area contributed by atoms with Crippen molar-refractivity contribution >= 4 is 21.4 Å². The third kappa shape index (κ3) is 2.68. The first-order valence-corrected chi connectivity index (χ1v) is 7.05. The van der Waals surface area contributed by atoms with Crippen LogP contribution in [0.5, 0.6) is 5.75 Å². The Kier molecular flexibility index (Phi) is 4.21. The molecule has 0 aliphatic carbocycles. The SMILES string of the molecule is COc1cc(C)c(S(=O)(=O)CCCl)c(C)c1. The first kappa shape index (κ1) is 13.3. The Bertz CT molecular complexity index is 457. The lowest BCUT2D eigenvalue weighted by Gasteiger charge is -2.12. The van der Waals surface area contributed by atoms with Crippen LogP contribution in [0.25, 0.3) is 0 Å².